The maximum absolute atomic E-state index is 12.6. The molecular weight excluding hydrogens is 264 g/mol. The van der Waals surface area contributed by atoms with E-state index < -0.39 is 10.0 Å². The lowest BCUT2D eigenvalue weighted by molar-refractivity contribution is 0.352. The average Bonchev–Trinajstić information content (AvgIpc) is 3.27. The third kappa shape index (κ3) is 2.85. The first kappa shape index (κ1) is 13.1. The van der Waals surface area contributed by atoms with Gasteiger partial charge in [0, 0.05) is 12.6 Å². The molecule has 1 N–H and O–H groups in total. The minimum absolute atomic E-state index is 0.0882. The van der Waals surface area contributed by atoms with Crippen LogP contribution in [0, 0.1) is 5.92 Å². The van der Waals surface area contributed by atoms with Gasteiger partial charge < -0.3 is 9.73 Å². The number of furan rings is 1. The first-order chi connectivity index (χ1) is 9.11. The second kappa shape index (κ2) is 4.92. The molecule has 0 atom stereocenters. The van der Waals surface area contributed by atoms with Gasteiger partial charge in [-0.15, -0.1) is 0 Å². The first-order valence-corrected chi connectivity index (χ1v) is 8.30. The fraction of sp³-hybridized carbons (Fsp3) is 0.692. The minimum Gasteiger partial charge on any atom is -0.447 e. The molecular formula is C13H20N2O3S. The summed E-state index contributed by atoms with van der Waals surface area (Å²) in [6.45, 7) is 1.20. The molecule has 2 aliphatic carbocycles. The molecule has 5 nitrogen and oxygen atoms in total. The van der Waals surface area contributed by atoms with Crippen molar-refractivity contribution in [3.8, 4) is 0 Å². The SMILES string of the molecule is CNCc1ccc(S(=O)(=O)N(CC2CC2)C2CC2)o1. The Labute approximate surface area is 114 Å². The van der Waals surface area contributed by atoms with E-state index in [2.05, 4.69) is 5.32 Å². The predicted molar refractivity (Wildman–Crippen MR) is 71.1 cm³/mol. The Balaban J connectivity index is 1.81. The van der Waals surface area contributed by atoms with Crippen molar-refractivity contribution < 1.29 is 12.8 Å². The third-order valence-electron chi connectivity index (χ3n) is 3.64. The molecule has 0 spiro atoms. The number of hydrogen-bond acceptors (Lipinski definition) is 4. The molecule has 0 aromatic carbocycles. The Kier molecular flexibility index (Phi) is 3.41. The maximum Gasteiger partial charge on any atom is 0.276 e. The van der Waals surface area contributed by atoms with E-state index in [0.29, 0.717) is 24.8 Å². The molecule has 0 unspecified atom stereocenters. The number of nitrogens with one attached hydrogen (secondary N) is 1. The van der Waals surface area contributed by atoms with Crippen LogP contribution in [0.2, 0.25) is 0 Å². The quantitative estimate of drug-likeness (QED) is 0.825. The van der Waals surface area contributed by atoms with Crippen LogP contribution in [-0.2, 0) is 16.6 Å². The van der Waals surface area contributed by atoms with E-state index in [4.69, 9.17) is 4.42 Å². The summed E-state index contributed by atoms with van der Waals surface area (Å²) in [6, 6.07) is 3.50. The monoisotopic (exact) mass is 284 g/mol. The molecule has 0 aliphatic heterocycles. The maximum atomic E-state index is 12.6. The van der Waals surface area contributed by atoms with E-state index >= 15 is 0 Å². The number of rotatable bonds is 7. The van der Waals surface area contributed by atoms with Crippen molar-refractivity contribution in [2.75, 3.05) is 13.6 Å². The molecule has 6 heteroatoms. The van der Waals surface area contributed by atoms with E-state index in [1.807, 2.05) is 0 Å². The Hall–Kier alpha value is -0.850. The van der Waals surface area contributed by atoms with Crippen molar-refractivity contribution in [1.82, 2.24) is 9.62 Å². The van der Waals surface area contributed by atoms with Crippen LogP contribution in [0.3, 0.4) is 0 Å². The molecule has 1 aromatic rings. The van der Waals surface area contributed by atoms with Gasteiger partial charge in [0.25, 0.3) is 10.0 Å². The van der Waals surface area contributed by atoms with Gasteiger partial charge in [-0.2, -0.15) is 4.31 Å². The number of nitrogens with zero attached hydrogens (tertiary/aromatic N) is 1. The lowest BCUT2D eigenvalue weighted by Gasteiger charge is -2.20. The summed E-state index contributed by atoms with van der Waals surface area (Å²) in [5, 5.41) is 3.04. The summed E-state index contributed by atoms with van der Waals surface area (Å²) in [5.74, 6) is 1.21. The highest BCUT2D eigenvalue weighted by Crippen LogP contribution is 2.38. The van der Waals surface area contributed by atoms with Crippen LogP contribution in [0.15, 0.2) is 21.6 Å². The summed E-state index contributed by atoms with van der Waals surface area (Å²) in [7, 11) is -1.65. The van der Waals surface area contributed by atoms with E-state index in [-0.39, 0.29) is 11.1 Å². The molecule has 1 aromatic heterocycles. The molecule has 3 rings (SSSR count). The highest BCUT2D eigenvalue weighted by Gasteiger charge is 2.42. The van der Waals surface area contributed by atoms with Crippen LogP contribution in [0.5, 0.6) is 0 Å². The van der Waals surface area contributed by atoms with Gasteiger partial charge in [-0.3, -0.25) is 0 Å². The predicted octanol–water partition coefficient (Wildman–Crippen LogP) is 1.56. The van der Waals surface area contributed by atoms with Gasteiger partial charge in [-0.25, -0.2) is 8.42 Å². The Morgan fingerprint density at radius 3 is 2.63 bits per heavy atom. The zero-order chi connectivity index (χ0) is 13.5. The van der Waals surface area contributed by atoms with Gasteiger partial charge in [0.05, 0.1) is 6.54 Å². The zero-order valence-corrected chi connectivity index (χ0v) is 11.9. The zero-order valence-electron chi connectivity index (χ0n) is 11.1. The van der Waals surface area contributed by atoms with E-state index in [1.165, 1.54) is 0 Å². The Morgan fingerprint density at radius 2 is 2.05 bits per heavy atom. The van der Waals surface area contributed by atoms with Crippen LogP contribution in [0.4, 0.5) is 0 Å². The normalized spacial score (nSPS) is 20.1. The summed E-state index contributed by atoms with van der Waals surface area (Å²) in [4.78, 5) is 0. The average molecular weight is 284 g/mol. The standard InChI is InChI=1S/C13H20N2O3S/c1-14-8-12-6-7-13(18-12)19(16,17)15(11-4-5-11)9-10-2-3-10/h6-7,10-11,14H,2-5,8-9H2,1H3. The molecule has 19 heavy (non-hydrogen) atoms. The van der Waals surface area contributed by atoms with Gasteiger partial charge in [-0.1, -0.05) is 0 Å². The fourth-order valence-corrected chi connectivity index (χ4v) is 3.94. The molecule has 0 bridgehead atoms. The fourth-order valence-electron chi connectivity index (χ4n) is 2.24. The van der Waals surface area contributed by atoms with Gasteiger partial charge >= 0.3 is 0 Å². The van der Waals surface area contributed by atoms with Crippen LogP contribution in [0.1, 0.15) is 31.4 Å². The molecule has 2 fully saturated rings. The molecule has 1 heterocycles. The molecule has 0 amide bonds. The molecule has 106 valence electrons. The van der Waals surface area contributed by atoms with Gasteiger partial charge in [0.2, 0.25) is 5.09 Å². The number of hydrogen-bond donors (Lipinski definition) is 1. The van der Waals surface area contributed by atoms with E-state index in [1.54, 1.807) is 23.5 Å². The lowest BCUT2D eigenvalue weighted by Crippen LogP contribution is -2.34. The molecule has 2 aliphatic rings. The van der Waals surface area contributed by atoms with Crippen molar-refractivity contribution in [3.63, 3.8) is 0 Å². The lowest BCUT2D eigenvalue weighted by atomic mass is 10.4. The van der Waals surface area contributed by atoms with Crippen molar-refractivity contribution in [2.45, 2.75) is 43.4 Å². The van der Waals surface area contributed by atoms with Gasteiger partial charge in [-0.05, 0) is 50.8 Å². The molecule has 0 radical (unpaired) electrons. The molecule has 2 saturated carbocycles. The summed E-state index contributed by atoms with van der Waals surface area (Å²) in [5.41, 5.74) is 0. The number of sulfonamides is 1. The second-order valence-corrected chi connectivity index (χ2v) is 7.32. The van der Waals surface area contributed by atoms with Crippen molar-refractivity contribution in [2.24, 2.45) is 5.92 Å². The largest absolute Gasteiger partial charge is 0.447 e. The topological polar surface area (TPSA) is 62.6 Å². The van der Waals surface area contributed by atoms with Gasteiger partial charge in [0.15, 0.2) is 0 Å². The van der Waals surface area contributed by atoms with Crippen molar-refractivity contribution in [1.29, 1.82) is 0 Å². The van der Waals surface area contributed by atoms with Crippen LogP contribution in [-0.4, -0.2) is 32.4 Å². The Morgan fingerprint density at radius 1 is 1.32 bits per heavy atom. The van der Waals surface area contributed by atoms with Crippen LogP contribution < -0.4 is 5.32 Å². The van der Waals surface area contributed by atoms with E-state index in [9.17, 15) is 8.42 Å². The van der Waals surface area contributed by atoms with Crippen molar-refractivity contribution >= 4 is 10.0 Å². The summed E-state index contributed by atoms with van der Waals surface area (Å²) >= 11 is 0. The summed E-state index contributed by atoms with van der Waals surface area (Å²) < 4.78 is 32.3. The Bertz CT molecular complexity index is 544. The third-order valence-corrected chi connectivity index (χ3v) is 5.43. The van der Waals surface area contributed by atoms with E-state index in [0.717, 1.165) is 25.7 Å². The van der Waals surface area contributed by atoms with Crippen LogP contribution >= 0.6 is 0 Å². The molecule has 0 saturated heterocycles. The smallest absolute Gasteiger partial charge is 0.276 e. The second-order valence-electron chi connectivity index (χ2n) is 5.50. The first-order valence-electron chi connectivity index (χ1n) is 6.86. The highest BCUT2D eigenvalue weighted by molar-refractivity contribution is 7.89. The minimum atomic E-state index is -3.45. The summed E-state index contributed by atoms with van der Waals surface area (Å²) in [6.07, 6.45) is 4.27. The van der Waals surface area contributed by atoms with Crippen molar-refractivity contribution in [3.05, 3.63) is 17.9 Å². The van der Waals surface area contributed by atoms with Gasteiger partial charge in [0.1, 0.15) is 5.76 Å². The van der Waals surface area contributed by atoms with Crippen LogP contribution in [0.25, 0.3) is 0 Å². The highest BCUT2D eigenvalue weighted by atomic mass is 32.2.